The molecule has 1 rings (SSSR count). The number of sulfone groups is 1. The van der Waals surface area contributed by atoms with Gasteiger partial charge in [-0.25, -0.2) is 8.42 Å². The van der Waals surface area contributed by atoms with E-state index in [1.807, 2.05) is 0 Å². The molecule has 1 unspecified atom stereocenters. The predicted octanol–water partition coefficient (Wildman–Crippen LogP) is 0.116. The second-order valence-electron chi connectivity index (χ2n) is 3.04. The summed E-state index contributed by atoms with van der Waals surface area (Å²) in [6, 6.07) is 5.90. The van der Waals surface area contributed by atoms with Gasteiger partial charge in [-0.2, -0.15) is 0 Å². The average molecular weight is 216 g/mol. The molecule has 2 N–H and O–H groups in total. The standard InChI is InChI=1S/C9H12O4S/c1-14(12,13)8-4-2-3-7(5-8)9(11)6-10/h2-5,9-11H,6H2,1H3. The van der Waals surface area contributed by atoms with Gasteiger partial charge in [-0.05, 0) is 17.7 Å². The zero-order valence-electron chi connectivity index (χ0n) is 7.71. The maximum Gasteiger partial charge on any atom is 0.175 e. The van der Waals surface area contributed by atoms with E-state index < -0.39 is 22.5 Å². The Labute approximate surface area is 82.7 Å². The molecule has 5 heteroatoms. The van der Waals surface area contributed by atoms with Crippen molar-refractivity contribution in [2.24, 2.45) is 0 Å². The first kappa shape index (κ1) is 11.2. The molecule has 0 saturated heterocycles. The van der Waals surface area contributed by atoms with Crippen LogP contribution in [-0.4, -0.2) is 31.5 Å². The van der Waals surface area contributed by atoms with Gasteiger partial charge in [0, 0.05) is 6.26 Å². The maximum absolute atomic E-state index is 11.2. The fraction of sp³-hybridized carbons (Fsp3) is 0.333. The second-order valence-corrected chi connectivity index (χ2v) is 5.06. The van der Waals surface area contributed by atoms with Crippen LogP contribution in [0.4, 0.5) is 0 Å². The summed E-state index contributed by atoms with van der Waals surface area (Å²) in [6.45, 7) is -0.423. The highest BCUT2D eigenvalue weighted by molar-refractivity contribution is 7.90. The van der Waals surface area contributed by atoms with Crippen LogP contribution in [-0.2, 0) is 9.84 Å². The molecule has 0 aliphatic rings. The van der Waals surface area contributed by atoms with Gasteiger partial charge in [-0.1, -0.05) is 12.1 Å². The first-order valence-electron chi connectivity index (χ1n) is 4.04. The Balaban J connectivity index is 3.14. The van der Waals surface area contributed by atoms with E-state index in [0.717, 1.165) is 6.26 Å². The lowest BCUT2D eigenvalue weighted by atomic mass is 10.1. The molecule has 0 spiro atoms. The van der Waals surface area contributed by atoms with E-state index in [1.165, 1.54) is 18.2 Å². The fourth-order valence-electron chi connectivity index (χ4n) is 1.06. The predicted molar refractivity (Wildman–Crippen MR) is 51.6 cm³/mol. The van der Waals surface area contributed by atoms with Crippen LogP contribution in [0.25, 0.3) is 0 Å². The van der Waals surface area contributed by atoms with Crippen LogP contribution in [0.1, 0.15) is 11.7 Å². The van der Waals surface area contributed by atoms with Crippen molar-refractivity contribution in [3.05, 3.63) is 29.8 Å². The minimum absolute atomic E-state index is 0.141. The molecule has 1 aromatic carbocycles. The summed E-state index contributed by atoms with van der Waals surface area (Å²) >= 11 is 0. The summed E-state index contributed by atoms with van der Waals surface area (Å²) in [6.07, 6.45) is 0.0638. The van der Waals surface area contributed by atoms with E-state index in [-0.39, 0.29) is 4.90 Å². The van der Waals surface area contributed by atoms with Crippen molar-refractivity contribution in [2.75, 3.05) is 12.9 Å². The Bertz CT molecular complexity index is 411. The molecule has 1 aromatic rings. The van der Waals surface area contributed by atoms with Crippen molar-refractivity contribution in [2.45, 2.75) is 11.0 Å². The Kier molecular flexibility index (Phi) is 3.25. The smallest absolute Gasteiger partial charge is 0.175 e. The fourth-order valence-corrected chi connectivity index (χ4v) is 1.73. The first-order chi connectivity index (χ1) is 6.45. The molecule has 0 amide bonds. The van der Waals surface area contributed by atoms with E-state index in [2.05, 4.69) is 0 Å². The molecule has 0 radical (unpaired) electrons. The summed E-state index contributed by atoms with van der Waals surface area (Å²) in [7, 11) is -3.26. The van der Waals surface area contributed by atoms with Crippen LogP contribution in [0.3, 0.4) is 0 Å². The molecule has 0 aliphatic carbocycles. The molecule has 78 valence electrons. The summed E-state index contributed by atoms with van der Waals surface area (Å²) < 4.78 is 22.3. The van der Waals surface area contributed by atoms with Crippen LogP contribution in [0.5, 0.6) is 0 Å². The van der Waals surface area contributed by atoms with Crippen molar-refractivity contribution in [3.8, 4) is 0 Å². The van der Waals surface area contributed by atoms with Gasteiger partial charge in [-0.3, -0.25) is 0 Å². The van der Waals surface area contributed by atoms with Crippen LogP contribution in [0.2, 0.25) is 0 Å². The summed E-state index contributed by atoms with van der Waals surface area (Å²) in [5, 5.41) is 18.0. The van der Waals surface area contributed by atoms with Crippen LogP contribution in [0.15, 0.2) is 29.2 Å². The number of benzene rings is 1. The monoisotopic (exact) mass is 216 g/mol. The molecule has 0 fully saturated rings. The second kappa shape index (κ2) is 4.08. The molecule has 0 aliphatic heterocycles. The lowest BCUT2D eigenvalue weighted by molar-refractivity contribution is 0.0954. The average Bonchev–Trinajstić information content (AvgIpc) is 2.15. The molecular formula is C9H12O4S. The number of hydrogen-bond donors (Lipinski definition) is 2. The third-order valence-electron chi connectivity index (χ3n) is 1.84. The van der Waals surface area contributed by atoms with E-state index in [1.54, 1.807) is 6.07 Å². The van der Waals surface area contributed by atoms with Gasteiger partial charge in [0.05, 0.1) is 11.5 Å². The molecule has 4 nitrogen and oxygen atoms in total. The van der Waals surface area contributed by atoms with Crippen molar-refractivity contribution >= 4 is 9.84 Å². The molecule has 0 aromatic heterocycles. The quantitative estimate of drug-likeness (QED) is 0.752. The molecule has 0 saturated carbocycles. The van der Waals surface area contributed by atoms with Gasteiger partial charge in [-0.15, -0.1) is 0 Å². The third-order valence-corrected chi connectivity index (χ3v) is 2.95. The van der Waals surface area contributed by atoms with Crippen LogP contribution < -0.4 is 0 Å². The highest BCUT2D eigenvalue weighted by atomic mass is 32.2. The summed E-state index contributed by atoms with van der Waals surface area (Å²) in [5.74, 6) is 0. The van der Waals surface area contributed by atoms with E-state index in [0.29, 0.717) is 5.56 Å². The van der Waals surface area contributed by atoms with Gasteiger partial charge in [0.1, 0.15) is 6.10 Å². The lowest BCUT2D eigenvalue weighted by Gasteiger charge is -2.08. The largest absolute Gasteiger partial charge is 0.393 e. The zero-order chi connectivity index (χ0) is 10.8. The molecule has 1 atom stereocenters. The van der Waals surface area contributed by atoms with Gasteiger partial charge in [0.2, 0.25) is 0 Å². The minimum Gasteiger partial charge on any atom is -0.393 e. The topological polar surface area (TPSA) is 74.6 Å². The van der Waals surface area contributed by atoms with Crippen molar-refractivity contribution < 1.29 is 18.6 Å². The van der Waals surface area contributed by atoms with E-state index in [4.69, 9.17) is 5.11 Å². The van der Waals surface area contributed by atoms with Crippen LogP contribution in [0, 0.1) is 0 Å². The van der Waals surface area contributed by atoms with Crippen molar-refractivity contribution in [1.29, 1.82) is 0 Å². The van der Waals surface area contributed by atoms with Crippen molar-refractivity contribution in [1.82, 2.24) is 0 Å². The molecule has 14 heavy (non-hydrogen) atoms. The Hall–Kier alpha value is -0.910. The number of hydrogen-bond acceptors (Lipinski definition) is 4. The van der Waals surface area contributed by atoms with E-state index in [9.17, 15) is 13.5 Å². The minimum atomic E-state index is -3.26. The molecule has 0 bridgehead atoms. The van der Waals surface area contributed by atoms with Gasteiger partial charge >= 0.3 is 0 Å². The Morgan fingerprint density at radius 1 is 1.43 bits per heavy atom. The zero-order valence-corrected chi connectivity index (χ0v) is 8.53. The number of aliphatic hydroxyl groups excluding tert-OH is 2. The summed E-state index contributed by atoms with van der Waals surface area (Å²) in [5.41, 5.74) is 0.399. The van der Waals surface area contributed by atoms with Gasteiger partial charge in [0.25, 0.3) is 0 Å². The van der Waals surface area contributed by atoms with Crippen molar-refractivity contribution in [3.63, 3.8) is 0 Å². The number of aliphatic hydroxyl groups is 2. The van der Waals surface area contributed by atoms with Gasteiger partial charge < -0.3 is 10.2 Å². The Morgan fingerprint density at radius 2 is 2.07 bits per heavy atom. The number of rotatable bonds is 3. The van der Waals surface area contributed by atoms with E-state index >= 15 is 0 Å². The van der Waals surface area contributed by atoms with Gasteiger partial charge in [0.15, 0.2) is 9.84 Å². The molecule has 0 heterocycles. The lowest BCUT2D eigenvalue weighted by Crippen LogP contribution is -2.04. The highest BCUT2D eigenvalue weighted by Crippen LogP contribution is 2.16. The maximum atomic E-state index is 11.2. The third kappa shape index (κ3) is 2.54. The normalized spacial score (nSPS) is 13.9. The first-order valence-corrected chi connectivity index (χ1v) is 5.93. The summed E-state index contributed by atoms with van der Waals surface area (Å²) in [4.78, 5) is 0.141. The highest BCUT2D eigenvalue weighted by Gasteiger charge is 2.11. The van der Waals surface area contributed by atoms with Crippen LogP contribution >= 0.6 is 0 Å². The Morgan fingerprint density at radius 3 is 2.57 bits per heavy atom. The SMILES string of the molecule is CS(=O)(=O)c1cccc(C(O)CO)c1. The molecular weight excluding hydrogens is 204 g/mol.